The molecule has 1 amide bonds. The number of nitrogens with one attached hydrogen (secondary N) is 1. The monoisotopic (exact) mass is 486 g/mol. The Morgan fingerprint density at radius 2 is 2.00 bits per heavy atom. The summed E-state index contributed by atoms with van der Waals surface area (Å²) in [4.78, 5) is 16.7. The quantitative estimate of drug-likeness (QED) is 0.442. The van der Waals surface area contributed by atoms with Gasteiger partial charge in [-0.2, -0.15) is 0 Å². The fourth-order valence-corrected chi connectivity index (χ4v) is 4.51. The van der Waals surface area contributed by atoms with Gasteiger partial charge < -0.3 is 21.9 Å². The molecule has 6 N–H and O–H groups in total. The number of nitrogens with zero attached hydrogens (tertiary/aromatic N) is 1. The zero-order valence-corrected chi connectivity index (χ0v) is 19.9. The zero-order chi connectivity index (χ0) is 25.9. The molecule has 0 fully saturated rings. The van der Waals surface area contributed by atoms with Gasteiger partial charge in [-0.25, -0.2) is 18.2 Å². The Hall–Kier alpha value is -3.75. The Morgan fingerprint density at radius 3 is 2.63 bits per heavy atom. The molecule has 0 bridgehead atoms. The molecule has 1 aliphatic carbocycles. The fourth-order valence-electron chi connectivity index (χ4n) is 4.51. The lowest BCUT2D eigenvalue weighted by molar-refractivity contribution is -0.114. The van der Waals surface area contributed by atoms with E-state index in [-0.39, 0.29) is 28.4 Å². The van der Waals surface area contributed by atoms with E-state index in [4.69, 9.17) is 11.5 Å². The van der Waals surface area contributed by atoms with Crippen molar-refractivity contribution in [1.82, 2.24) is 4.98 Å². The van der Waals surface area contributed by atoms with E-state index in [1.807, 2.05) is 13.0 Å². The number of halogens is 3. The number of anilines is 1. The number of phenolic OH excluding ortho intramolecular Hbond substituents is 1. The molecule has 1 aliphatic rings. The van der Waals surface area contributed by atoms with Crippen LogP contribution in [0.5, 0.6) is 5.75 Å². The van der Waals surface area contributed by atoms with E-state index in [0.29, 0.717) is 41.5 Å². The summed E-state index contributed by atoms with van der Waals surface area (Å²) in [6, 6.07) is 4.55. The van der Waals surface area contributed by atoms with Crippen molar-refractivity contribution < 1.29 is 23.1 Å². The minimum Gasteiger partial charge on any atom is -0.508 e. The van der Waals surface area contributed by atoms with Crippen LogP contribution in [0.25, 0.3) is 11.1 Å². The molecule has 0 atom stereocenters. The lowest BCUT2D eigenvalue weighted by Gasteiger charge is -2.24. The number of phenols is 1. The predicted octanol–water partition coefficient (Wildman–Crippen LogP) is 4.96. The van der Waals surface area contributed by atoms with Gasteiger partial charge in [-0.1, -0.05) is 19.1 Å². The molecular weight excluding hydrogens is 457 g/mol. The smallest absolute Gasteiger partial charge is 0.255 e. The first kappa shape index (κ1) is 25.9. The highest BCUT2D eigenvalue weighted by atomic mass is 19.3. The number of carbonyl (C=O) groups is 1. The molecule has 0 unspecified atom stereocenters. The topological polar surface area (TPSA) is 114 Å². The van der Waals surface area contributed by atoms with E-state index in [9.17, 15) is 23.1 Å². The van der Waals surface area contributed by atoms with Crippen LogP contribution in [0.3, 0.4) is 0 Å². The number of allylic oxidation sites excluding steroid dienone is 4. The first-order valence-corrected chi connectivity index (χ1v) is 11.3. The number of carbonyl (C=O) groups excluding carboxylic acids is 1. The minimum atomic E-state index is -2.64. The van der Waals surface area contributed by atoms with Crippen molar-refractivity contribution in [3.05, 3.63) is 75.4 Å². The number of hydrogen-bond donors (Lipinski definition) is 4. The summed E-state index contributed by atoms with van der Waals surface area (Å²) < 4.78 is 39.9. The molecular formula is C26H29F3N4O2. The highest BCUT2D eigenvalue weighted by Gasteiger charge is 2.26. The van der Waals surface area contributed by atoms with Crippen LogP contribution in [0.15, 0.2) is 47.3 Å². The second-order valence-corrected chi connectivity index (χ2v) is 8.34. The van der Waals surface area contributed by atoms with Crippen LogP contribution >= 0.6 is 0 Å². The van der Waals surface area contributed by atoms with Gasteiger partial charge in [0.25, 0.3) is 12.3 Å². The Morgan fingerprint density at radius 1 is 1.29 bits per heavy atom. The van der Waals surface area contributed by atoms with Gasteiger partial charge in [0.2, 0.25) is 0 Å². The molecule has 1 aromatic carbocycles. The number of aromatic hydroxyl groups is 1. The molecule has 1 heterocycles. The summed E-state index contributed by atoms with van der Waals surface area (Å²) >= 11 is 0. The Kier molecular flexibility index (Phi) is 7.89. The van der Waals surface area contributed by atoms with E-state index < -0.39 is 24.7 Å². The van der Waals surface area contributed by atoms with E-state index in [2.05, 4.69) is 10.3 Å². The van der Waals surface area contributed by atoms with Crippen LogP contribution in [0.4, 0.5) is 19.0 Å². The summed E-state index contributed by atoms with van der Waals surface area (Å²) in [7, 11) is 0. The zero-order valence-electron chi connectivity index (χ0n) is 19.9. The normalized spacial score (nSPS) is 20.3. The standard InChI is InChI=1S/C26H29F3N4O2/c1-4-16-17(19-10-15(27)11-32-26(19)33-12-21(28)29)6-5-7-18(24(30)23(16)25(31)35)22-13(2)8-9-20(34)14(22)3/h6,8-11,21,34H,4-5,7,12,30H2,1-3H3,(H2,31,35)(H,32,33)/b17-6+,23-16+,24-18-. The first-order chi connectivity index (χ1) is 16.6. The van der Waals surface area contributed by atoms with Crippen molar-refractivity contribution in [2.24, 2.45) is 11.5 Å². The first-order valence-electron chi connectivity index (χ1n) is 11.3. The van der Waals surface area contributed by atoms with Crippen molar-refractivity contribution >= 4 is 22.9 Å². The van der Waals surface area contributed by atoms with Crippen LogP contribution in [0.2, 0.25) is 0 Å². The SMILES string of the molecule is CCC1=C(C(N)=O)/C(N)=C(/c2c(C)ccc(O)c2C)CC/C=C\1c1cc(F)cnc1NCC(F)F. The highest BCUT2D eigenvalue weighted by molar-refractivity contribution is 6.04. The number of primary amides is 1. The molecule has 9 heteroatoms. The third-order valence-corrected chi connectivity index (χ3v) is 6.08. The number of rotatable bonds is 7. The Labute approximate surface area is 202 Å². The molecule has 0 saturated carbocycles. The summed E-state index contributed by atoms with van der Waals surface area (Å²) in [6.07, 6.45) is 1.26. The molecule has 6 nitrogen and oxygen atoms in total. The average Bonchev–Trinajstić information content (AvgIpc) is 2.79. The van der Waals surface area contributed by atoms with Crippen molar-refractivity contribution in [2.45, 2.75) is 46.5 Å². The molecule has 0 aliphatic heterocycles. The number of nitrogens with two attached hydrogens (primary N) is 2. The molecule has 0 radical (unpaired) electrons. The van der Waals surface area contributed by atoms with Gasteiger partial charge >= 0.3 is 0 Å². The maximum absolute atomic E-state index is 14.2. The maximum atomic E-state index is 14.2. The number of aryl methyl sites for hydroxylation is 1. The fraction of sp³-hybridized carbons (Fsp3) is 0.308. The van der Waals surface area contributed by atoms with Crippen LogP contribution in [-0.2, 0) is 4.79 Å². The number of amides is 1. The van der Waals surface area contributed by atoms with Gasteiger partial charge in [0.1, 0.15) is 17.4 Å². The van der Waals surface area contributed by atoms with Crippen LogP contribution in [0.1, 0.15) is 48.4 Å². The van der Waals surface area contributed by atoms with E-state index >= 15 is 0 Å². The van der Waals surface area contributed by atoms with Gasteiger partial charge in [0.05, 0.1) is 18.3 Å². The molecule has 186 valence electrons. The number of hydrogen-bond acceptors (Lipinski definition) is 5. The van der Waals surface area contributed by atoms with Gasteiger partial charge in [0, 0.05) is 11.3 Å². The second-order valence-electron chi connectivity index (χ2n) is 8.34. The number of benzene rings is 1. The lowest BCUT2D eigenvalue weighted by Crippen LogP contribution is -2.24. The molecule has 1 aromatic heterocycles. The molecule has 3 rings (SSSR count). The summed E-state index contributed by atoms with van der Waals surface area (Å²) in [5.41, 5.74) is 16.7. The van der Waals surface area contributed by atoms with Crippen LogP contribution in [-0.4, -0.2) is 29.0 Å². The third-order valence-electron chi connectivity index (χ3n) is 6.08. The number of alkyl halides is 2. The highest BCUT2D eigenvalue weighted by Crippen LogP contribution is 2.40. The summed E-state index contributed by atoms with van der Waals surface area (Å²) in [5.74, 6) is -1.26. The van der Waals surface area contributed by atoms with Gasteiger partial charge in [-0.15, -0.1) is 0 Å². The second kappa shape index (κ2) is 10.7. The van der Waals surface area contributed by atoms with Crippen molar-refractivity contribution in [1.29, 1.82) is 0 Å². The number of aromatic nitrogens is 1. The summed E-state index contributed by atoms with van der Waals surface area (Å²) in [5, 5.41) is 12.8. The Bertz CT molecular complexity index is 1250. The average molecular weight is 487 g/mol. The summed E-state index contributed by atoms with van der Waals surface area (Å²) in [6.45, 7) is 4.78. The third kappa shape index (κ3) is 5.34. The Balaban J connectivity index is 2.30. The molecule has 35 heavy (non-hydrogen) atoms. The molecule has 2 aromatic rings. The van der Waals surface area contributed by atoms with E-state index in [0.717, 1.165) is 17.3 Å². The van der Waals surface area contributed by atoms with Crippen LogP contribution < -0.4 is 16.8 Å². The van der Waals surface area contributed by atoms with Gasteiger partial charge in [-0.05, 0) is 78.7 Å². The van der Waals surface area contributed by atoms with Crippen molar-refractivity contribution in [3.63, 3.8) is 0 Å². The molecule has 0 saturated heterocycles. The molecule has 0 spiro atoms. The van der Waals surface area contributed by atoms with E-state index in [1.165, 1.54) is 6.07 Å². The largest absolute Gasteiger partial charge is 0.508 e. The predicted molar refractivity (Wildman–Crippen MR) is 131 cm³/mol. The van der Waals surface area contributed by atoms with Crippen molar-refractivity contribution in [2.75, 3.05) is 11.9 Å². The van der Waals surface area contributed by atoms with E-state index in [1.54, 1.807) is 26.0 Å². The maximum Gasteiger partial charge on any atom is 0.255 e. The van der Waals surface area contributed by atoms with Crippen molar-refractivity contribution in [3.8, 4) is 5.75 Å². The lowest BCUT2D eigenvalue weighted by atomic mass is 9.82. The van der Waals surface area contributed by atoms with Crippen LogP contribution in [0, 0.1) is 19.7 Å². The number of pyridine rings is 1. The van der Waals surface area contributed by atoms with Gasteiger partial charge in [-0.3, -0.25) is 4.79 Å². The minimum absolute atomic E-state index is 0.0655. The van der Waals surface area contributed by atoms with Gasteiger partial charge in [0.15, 0.2) is 0 Å².